The van der Waals surface area contributed by atoms with Gasteiger partial charge >= 0.3 is 0 Å². The van der Waals surface area contributed by atoms with Crippen LogP contribution in [0.15, 0.2) is 42.5 Å². The minimum atomic E-state index is 0.428. The number of nitrogens with zero attached hydrogens (tertiary/aromatic N) is 1. The minimum absolute atomic E-state index is 0.428. The quantitative estimate of drug-likeness (QED) is 0.911. The van der Waals surface area contributed by atoms with Crippen LogP contribution >= 0.6 is 0 Å². The maximum Gasteiger partial charge on any atom is 0.0447 e. The molecule has 1 heterocycles. The molecular weight excluding hydrogens is 244 g/mol. The van der Waals surface area contributed by atoms with Crippen molar-refractivity contribution in [3.05, 3.63) is 48.0 Å². The molecule has 1 saturated heterocycles. The number of hydrogen-bond donors (Lipinski definition) is 1. The van der Waals surface area contributed by atoms with Crippen LogP contribution in [0.25, 0.3) is 10.8 Å². The highest BCUT2D eigenvalue weighted by Gasteiger charge is 2.16. The molecule has 1 unspecified atom stereocenters. The van der Waals surface area contributed by atoms with Crippen LogP contribution in [-0.4, -0.2) is 31.6 Å². The summed E-state index contributed by atoms with van der Waals surface area (Å²) in [7, 11) is 2.07. The zero-order chi connectivity index (χ0) is 13.8. The largest absolute Gasteiger partial charge is 0.312 e. The predicted molar refractivity (Wildman–Crippen MR) is 86.0 cm³/mol. The number of likely N-dealkylation sites (N-methyl/N-ethyl adjacent to an activating group) is 1. The molecule has 0 spiro atoms. The van der Waals surface area contributed by atoms with Gasteiger partial charge in [-0.3, -0.25) is 0 Å². The molecule has 3 rings (SSSR count). The predicted octanol–water partition coefficient (Wildman–Crippen LogP) is 3.59. The van der Waals surface area contributed by atoms with Gasteiger partial charge in [0.15, 0.2) is 0 Å². The molecule has 0 aromatic heterocycles. The first-order valence-corrected chi connectivity index (χ1v) is 7.75. The summed E-state index contributed by atoms with van der Waals surface area (Å²) < 4.78 is 0. The summed E-state index contributed by atoms with van der Waals surface area (Å²) in [6, 6.07) is 15.9. The smallest absolute Gasteiger partial charge is 0.0447 e. The second-order valence-corrected chi connectivity index (χ2v) is 5.81. The topological polar surface area (TPSA) is 15.3 Å². The van der Waals surface area contributed by atoms with Crippen molar-refractivity contribution in [3.63, 3.8) is 0 Å². The molecule has 20 heavy (non-hydrogen) atoms. The van der Waals surface area contributed by atoms with E-state index in [-0.39, 0.29) is 0 Å². The highest BCUT2D eigenvalue weighted by atomic mass is 15.1. The Morgan fingerprint density at radius 1 is 1.00 bits per heavy atom. The number of piperidine rings is 1. The Bertz CT molecular complexity index is 558. The molecule has 1 aliphatic heterocycles. The van der Waals surface area contributed by atoms with Gasteiger partial charge in [0.1, 0.15) is 0 Å². The van der Waals surface area contributed by atoms with Gasteiger partial charge in [0.05, 0.1) is 0 Å². The van der Waals surface area contributed by atoms with Crippen LogP contribution in [0.5, 0.6) is 0 Å². The standard InChI is InChI=1S/C18H24N2/c1-19-18(14-20-11-5-2-6-12-20)17-10-9-15-7-3-4-8-16(15)13-17/h3-4,7-10,13,18-19H,2,5-6,11-12,14H2,1H3. The lowest BCUT2D eigenvalue weighted by Gasteiger charge is -2.30. The van der Waals surface area contributed by atoms with E-state index in [9.17, 15) is 0 Å². The summed E-state index contributed by atoms with van der Waals surface area (Å²) in [5, 5.41) is 6.15. The molecule has 2 nitrogen and oxygen atoms in total. The normalized spacial score (nSPS) is 18.2. The fourth-order valence-electron chi connectivity index (χ4n) is 3.19. The first kappa shape index (κ1) is 13.6. The number of nitrogens with one attached hydrogen (secondary N) is 1. The molecule has 106 valence electrons. The van der Waals surface area contributed by atoms with Crippen LogP contribution in [0, 0.1) is 0 Å². The first-order valence-electron chi connectivity index (χ1n) is 7.75. The summed E-state index contributed by atoms with van der Waals surface area (Å²) in [5.74, 6) is 0. The zero-order valence-corrected chi connectivity index (χ0v) is 12.3. The summed E-state index contributed by atoms with van der Waals surface area (Å²) >= 11 is 0. The van der Waals surface area contributed by atoms with E-state index in [2.05, 4.69) is 59.7 Å². The van der Waals surface area contributed by atoms with E-state index < -0.39 is 0 Å². The molecule has 0 saturated carbocycles. The second-order valence-electron chi connectivity index (χ2n) is 5.81. The van der Waals surface area contributed by atoms with Crippen LogP contribution < -0.4 is 5.32 Å². The Labute approximate surface area is 121 Å². The van der Waals surface area contributed by atoms with Crippen molar-refractivity contribution in [3.8, 4) is 0 Å². The number of fused-ring (bicyclic) bond motifs is 1. The molecule has 0 radical (unpaired) electrons. The molecule has 1 fully saturated rings. The van der Waals surface area contributed by atoms with E-state index in [1.165, 1.54) is 48.7 Å². The van der Waals surface area contributed by atoms with Crippen LogP contribution in [0.2, 0.25) is 0 Å². The van der Waals surface area contributed by atoms with Gasteiger partial charge in [0.2, 0.25) is 0 Å². The third-order valence-electron chi connectivity index (χ3n) is 4.41. The lowest BCUT2D eigenvalue weighted by molar-refractivity contribution is 0.208. The van der Waals surface area contributed by atoms with E-state index in [1.807, 2.05) is 0 Å². The van der Waals surface area contributed by atoms with E-state index >= 15 is 0 Å². The van der Waals surface area contributed by atoms with Gasteiger partial charge in [-0.1, -0.05) is 42.8 Å². The summed E-state index contributed by atoms with van der Waals surface area (Å²) in [6.07, 6.45) is 4.11. The Morgan fingerprint density at radius 3 is 2.50 bits per heavy atom. The first-order chi connectivity index (χ1) is 9.86. The van der Waals surface area contributed by atoms with Gasteiger partial charge in [-0.25, -0.2) is 0 Å². The van der Waals surface area contributed by atoms with Crippen molar-refractivity contribution in [1.82, 2.24) is 10.2 Å². The van der Waals surface area contributed by atoms with Gasteiger partial charge in [-0.2, -0.15) is 0 Å². The van der Waals surface area contributed by atoms with Crippen molar-refractivity contribution in [1.29, 1.82) is 0 Å². The monoisotopic (exact) mass is 268 g/mol. The van der Waals surface area contributed by atoms with Crippen LogP contribution in [0.3, 0.4) is 0 Å². The highest BCUT2D eigenvalue weighted by Crippen LogP contribution is 2.22. The lowest BCUT2D eigenvalue weighted by atomic mass is 10.0. The van der Waals surface area contributed by atoms with Crippen molar-refractivity contribution >= 4 is 10.8 Å². The Morgan fingerprint density at radius 2 is 1.75 bits per heavy atom. The van der Waals surface area contributed by atoms with Crippen LogP contribution in [0.4, 0.5) is 0 Å². The molecule has 2 aromatic carbocycles. The molecule has 2 aromatic rings. The molecule has 0 amide bonds. The van der Waals surface area contributed by atoms with E-state index in [0.717, 1.165) is 6.54 Å². The molecule has 2 heteroatoms. The molecule has 1 atom stereocenters. The average Bonchev–Trinajstić information content (AvgIpc) is 2.53. The van der Waals surface area contributed by atoms with Crippen LogP contribution in [-0.2, 0) is 0 Å². The number of likely N-dealkylation sites (tertiary alicyclic amines) is 1. The molecule has 1 N–H and O–H groups in total. The minimum Gasteiger partial charge on any atom is -0.312 e. The van der Waals surface area contributed by atoms with E-state index in [0.29, 0.717) is 6.04 Å². The summed E-state index contributed by atoms with van der Waals surface area (Å²) in [6.45, 7) is 3.63. The summed E-state index contributed by atoms with van der Waals surface area (Å²) in [4.78, 5) is 2.60. The van der Waals surface area contributed by atoms with Crippen molar-refractivity contribution in [2.24, 2.45) is 0 Å². The van der Waals surface area contributed by atoms with E-state index in [1.54, 1.807) is 0 Å². The maximum atomic E-state index is 3.49. The fraction of sp³-hybridized carbons (Fsp3) is 0.444. The molecule has 1 aliphatic rings. The van der Waals surface area contributed by atoms with Crippen molar-refractivity contribution in [2.45, 2.75) is 25.3 Å². The van der Waals surface area contributed by atoms with Gasteiger partial charge in [0, 0.05) is 12.6 Å². The molecule has 0 bridgehead atoms. The summed E-state index contributed by atoms with van der Waals surface area (Å²) in [5.41, 5.74) is 1.40. The van der Waals surface area contributed by atoms with E-state index in [4.69, 9.17) is 0 Å². The van der Waals surface area contributed by atoms with Gasteiger partial charge in [0.25, 0.3) is 0 Å². The van der Waals surface area contributed by atoms with Crippen molar-refractivity contribution in [2.75, 3.05) is 26.7 Å². The molecule has 0 aliphatic carbocycles. The highest BCUT2D eigenvalue weighted by molar-refractivity contribution is 5.83. The van der Waals surface area contributed by atoms with Gasteiger partial charge < -0.3 is 10.2 Å². The molecular formula is C18H24N2. The lowest BCUT2D eigenvalue weighted by Crippen LogP contribution is -2.37. The zero-order valence-electron chi connectivity index (χ0n) is 12.3. The Balaban J connectivity index is 1.79. The van der Waals surface area contributed by atoms with Gasteiger partial charge in [-0.15, -0.1) is 0 Å². The average molecular weight is 268 g/mol. The van der Waals surface area contributed by atoms with Gasteiger partial charge in [-0.05, 0) is 55.4 Å². The SMILES string of the molecule is CNC(CN1CCCCC1)c1ccc2ccccc2c1. The fourth-order valence-corrected chi connectivity index (χ4v) is 3.19. The third kappa shape index (κ3) is 3.02. The number of hydrogen-bond acceptors (Lipinski definition) is 2. The number of benzene rings is 2. The Kier molecular flexibility index (Phi) is 4.34. The maximum absolute atomic E-state index is 3.49. The third-order valence-corrected chi connectivity index (χ3v) is 4.41. The number of rotatable bonds is 4. The Hall–Kier alpha value is -1.38. The van der Waals surface area contributed by atoms with Crippen molar-refractivity contribution < 1.29 is 0 Å². The van der Waals surface area contributed by atoms with Crippen LogP contribution in [0.1, 0.15) is 30.9 Å². The second kappa shape index (κ2) is 6.38.